The normalized spacial score (nSPS) is 12.7. The van der Waals surface area contributed by atoms with Gasteiger partial charge in [0.25, 0.3) is 17.7 Å². The summed E-state index contributed by atoms with van der Waals surface area (Å²) < 4.78 is 55.9. The van der Waals surface area contributed by atoms with Gasteiger partial charge in [-0.1, -0.05) is 51.0 Å². The molecule has 26 nitrogen and oxygen atoms in total. The van der Waals surface area contributed by atoms with E-state index >= 15 is 0 Å². The molecule has 9 N–H and O–H groups in total. The molecule has 96 heavy (non-hydrogen) atoms. The number of benzene rings is 3. The van der Waals surface area contributed by atoms with Crippen LogP contribution in [0.3, 0.4) is 0 Å². The molecule has 3 atom stereocenters. The molecule has 27 heteroatoms. The number of allylic oxidation sites excluding steroid dienone is 5. The van der Waals surface area contributed by atoms with Crippen LogP contribution in [0.5, 0.6) is 17.2 Å². The van der Waals surface area contributed by atoms with Crippen molar-refractivity contribution in [2.24, 2.45) is 11.8 Å². The maximum absolute atomic E-state index is 14.1. The van der Waals surface area contributed by atoms with Crippen LogP contribution in [0.1, 0.15) is 142 Å². The van der Waals surface area contributed by atoms with Crippen LogP contribution in [0.4, 0.5) is 0 Å². The highest BCUT2D eigenvalue weighted by Crippen LogP contribution is 2.43. The Morgan fingerprint density at radius 2 is 0.896 bits per heavy atom. The van der Waals surface area contributed by atoms with Crippen LogP contribution >= 0.6 is 7.82 Å². The van der Waals surface area contributed by atoms with Gasteiger partial charge in [0.05, 0.1) is 73.8 Å². The van der Waals surface area contributed by atoms with Gasteiger partial charge in [0.2, 0.25) is 29.5 Å². The van der Waals surface area contributed by atoms with Gasteiger partial charge >= 0.3 is 7.82 Å². The van der Waals surface area contributed by atoms with Gasteiger partial charge in [0, 0.05) is 94.1 Å². The van der Waals surface area contributed by atoms with E-state index in [1.54, 1.807) is 78.9 Å². The molecule has 0 aliphatic rings. The second-order valence-corrected chi connectivity index (χ2v) is 24.2. The van der Waals surface area contributed by atoms with Gasteiger partial charge in [0.1, 0.15) is 22.8 Å². The summed E-state index contributed by atoms with van der Waals surface area (Å²) in [4.78, 5) is 114. The van der Waals surface area contributed by atoms with Gasteiger partial charge in [-0.2, -0.15) is 0 Å². The summed E-state index contributed by atoms with van der Waals surface area (Å²) in [5, 5.41) is 23.0. The predicted octanol–water partition coefficient (Wildman–Crippen LogP) is 7.19. The average molecular weight is 1360 g/mol. The molecule has 0 spiro atoms. The maximum atomic E-state index is 14.1. The van der Waals surface area contributed by atoms with Crippen molar-refractivity contribution in [3.05, 3.63) is 126 Å². The number of carbonyl (C=O) groups is 8. The number of nitrogens with one attached hydrogen (secondary N) is 8. The molecule has 8 amide bonds. The Morgan fingerprint density at radius 1 is 0.490 bits per heavy atom. The van der Waals surface area contributed by atoms with E-state index in [-0.39, 0.29) is 151 Å². The summed E-state index contributed by atoms with van der Waals surface area (Å²) in [6.45, 7) is 7.08. The first kappa shape index (κ1) is 82.1. The fraction of sp³-hybridized carbons (Fsp3) is 0.536. The van der Waals surface area contributed by atoms with Gasteiger partial charge in [-0.15, -0.1) is 0 Å². The number of methoxy groups -OCH3 is 3. The molecule has 0 aliphatic heterocycles. The number of phosphoric acid groups is 1. The number of unbranched alkanes of at least 4 members (excludes halogenated alkanes) is 3. The summed E-state index contributed by atoms with van der Waals surface area (Å²) in [5.41, 5.74) is 0.00412. The number of carbonyl (C=O) groups excluding carboxylic acids is 8. The van der Waals surface area contributed by atoms with Crippen molar-refractivity contribution in [3.63, 3.8) is 0 Å². The Hall–Kier alpha value is -8.13. The number of ether oxygens (including phenoxy) is 6. The van der Waals surface area contributed by atoms with Gasteiger partial charge in [-0.3, -0.25) is 47.8 Å². The van der Waals surface area contributed by atoms with E-state index in [9.17, 15) is 47.8 Å². The minimum Gasteiger partial charge on any atom is -0.497 e. The lowest BCUT2D eigenvalue weighted by atomic mass is 9.92. The van der Waals surface area contributed by atoms with E-state index in [4.69, 9.17) is 37.5 Å². The van der Waals surface area contributed by atoms with Crippen molar-refractivity contribution < 1.29 is 85.3 Å². The first-order valence-corrected chi connectivity index (χ1v) is 34.3. The summed E-state index contributed by atoms with van der Waals surface area (Å²) in [6.07, 6.45) is 15.6. The number of hydrogen-bond acceptors (Lipinski definition) is 17. The molecule has 0 saturated carbocycles. The Kier molecular flexibility index (Phi) is 42.2. The van der Waals surface area contributed by atoms with Crippen LogP contribution in [0.15, 0.2) is 109 Å². The van der Waals surface area contributed by atoms with Crippen LogP contribution in [-0.4, -0.2) is 171 Å². The molecule has 0 fully saturated rings. The Morgan fingerprint density at radius 3 is 1.31 bits per heavy atom. The molecule has 3 aromatic carbocycles. The van der Waals surface area contributed by atoms with E-state index in [1.165, 1.54) is 21.3 Å². The van der Waals surface area contributed by atoms with Crippen LogP contribution in [0.25, 0.3) is 0 Å². The van der Waals surface area contributed by atoms with Crippen LogP contribution < -0.4 is 56.7 Å². The lowest BCUT2D eigenvalue weighted by Crippen LogP contribution is -2.58. The largest absolute Gasteiger partial charge is 0.526 e. The molecular formula is C69H103N8O18P. The monoisotopic (exact) mass is 1360 g/mol. The van der Waals surface area contributed by atoms with E-state index < -0.39 is 13.4 Å². The van der Waals surface area contributed by atoms with Crippen molar-refractivity contribution in [1.29, 1.82) is 0 Å². The standard InChI is InChI=1S/C69H103N8O18P/c1-7-8-9-10-12-15-44-94-96(86,87)95-45-16-13-11-14-37-73-65(82)54(3)49-53(2)20-33-64(81)77-69(50-91-46-34-61(78)70-38-17-41-74-66(83)55-21-27-58(88-4)28-22-55,51-92-47-35-62(79)71-39-18-42-75-67(84)56-23-29-59(89-5)30-24-56)52-93-48-36-63(80)72-40-19-43-76-68(85)57-25-31-60(90-6)32-26-57/h7-10,15,21-32,44,53-54H,11-14,16-20,33-43,45-52H2,1-6H3,(H,70,78)(H,71,79)(H,72,80)(H,73,82)(H,74,83)(H,75,84)(H,76,85)(H,77,81)(H,86,87)/b8-7?,10-9?,44-15+. The minimum absolute atomic E-state index is 0.0406. The average Bonchev–Trinajstić information content (AvgIpc) is 1.01. The second kappa shape index (κ2) is 49.4. The van der Waals surface area contributed by atoms with Crippen LogP contribution in [0, 0.1) is 11.8 Å². The van der Waals surface area contributed by atoms with Crippen LogP contribution in [0.2, 0.25) is 0 Å². The topological polar surface area (TPSA) is 344 Å². The zero-order valence-electron chi connectivity index (χ0n) is 56.7. The zero-order chi connectivity index (χ0) is 70.1. The molecule has 0 aromatic heterocycles. The lowest BCUT2D eigenvalue weighted by Gasteiger charge is -2.34. The third-order valence-electron chi connectivity index (χ3n) is 14.6. The predicted molar refractivity (Wildman–Crippen MR) is 364 cm³/mol. The smallest absolute Gasteiger partial charge is 0.497 e. The van der Waals surface area contributed by atoms with Crippen molar-refractivity contribution in [1.82, 2.24) is 42.5 Å². The van der Waals surface area contributed by atoms with Gasteiger partial charge in [-0.05, 0) is 143 Å². The van der Waals surface area contributed by atoms with E-state index in [1.807, 2.05) is 45.1 Å². The fourth-order valence-electron chi connectivity index (χ4n) is 9.15. The molecule has 0 aliphatic carbocycles. The maximum Gasteiger partial charge on any atom is 0.526 e. The zero-order valence-corrected chi connectivity index (χ0v) is 57.6. The van der Waals surface area contributed by atoms with Gasteiger partial charge in [0.15, 0.2) is 0 Å². The Balaban J connectivity index is 1.60. The molecule has 3 rings (SSSR count). The lowest BCUT2D eigenvalue weighted by molar-refractivity contribution is -0.131. The van der Waals surface area contributed by atoms with Gasteiger partial charge < -0.3 is 75.5 Å². The summed E-state index contributed by atoms with van der Waals surface area (Å²) in [5.74, 6) is -0.814. The third kappa shape index (κ3) is 37.8. The van der Waals surface area contributed by atoms with E-state index in [0.29, 0.717) is 118 Å². The van der Waals surface area contributed by atoms with Crippen LogP contribution in [-0.2, 0) is 51.8 Å². The Labute approximate surface area is 565 Å². The fourth-order valence-corrected chi connectivity index (χ4v) is 9.81. The van der Waals surface area contributed by atoms with Gasteiger partial charge in [-0.25, -0.2) is 4.57 Å². The van der Waals surface area contributed by atoms with E-state index in [2.05, 4.69) is 42.5 Å². The summed E-state index contributed by atoms with van der Waals surface area (Å²) in [6, 6.07) is 20.1. The second-order valence-electron chi connectivity index (χ2n) is 22.8. The van der Waals surface area contributed by atoms with E-state index in [0.717, 1.165) is 12.7 Å². The number of rotatable bonds is 53. The number of amides is 8. The number of phosphoric ester groups is 1. The quantitative estimate of drug-likeness (QED) is 0.0117. The molecule has 3 unspecified atom stereocenters. The SMILES string of the molecule is CC=CC=CC/C=C/OP(=O)(O)OCCCCCCNC(=O)C(C)CC(C)CCC(=O)NC(COCCC(=O)NCCCNC(=O)c1ccc(OC)cc1)(COCCC(=O)NCCCNC(=O)c1ccc(OC)cc1)COCCC(=O)NCCCNC(=O)c1ccc(OC)cc1. The third-order valence-corrected chi connectivity index (χ3v) is 15.5. The Bertz CT molecular complexity index is 2700. The highest BCUT2D eigenvalue weighted by molar-refractivity contribution is 7.47. The van der Waals surface area contributed by atoms with Crippen molar-refractivity contribution in [2.45, 2.75) is 116 Å². The highest BCUT2D eigenvalue weighted by Gasteiger charge is 2.34. The molecule has 3 aromatic rings. The number of hydrogen-bond donors (Lipinski definition) is 9. The van der Waals surface area contributed by atoms with Crippen molar-refractivity contribution >= 4 is 55.1 Å². The summed E-state index contributed by atoms with van der Waals surface area (Å²) in [7, 11) is 0.399. The minimum atomic E-state index is -4.22. The molecule has 0 saturated heterocycles. The van der Waals surface area contributed by atoms with Crippen molar-refractivity contribution in [2.75, 3.05) is 113 Å². The first-order chi connectivity index (χ1) is 46.3. The molecular weight excluding hydrogens is 1260 g/mol. The first-order valence-electron chi connectivity index (χ1n) is 32.8. The molecule has 0 heterocycles. The molecule has 532 valence electrons. The van der Waals surface area contributed by atoms with Crippen molar-refractivity contribution in [3.8, 4) is 17.2 Å². The summed E-state index contributed by atoms with van der Waals surface area (Å²) >= 11 is 0. The highest BCUT2D eigenvalue weighted by atomic mass is 31.2. The molecule has 0 bridgehead atoms. The molecule has 0 radical (unpaired) electrons.